The minimum atomic E-state index is -0.761. The van der Waals surface area contributed by atoms with E-state index in [1.807, 2.05) is 23.9 Å². The van der Waals surface area contributed by atoms with E-state index in [-0.39, 0.29) is 0 Å². The lowest BCUT2D eigenvalue weighted by atomic mass is 10.0. The molecule has 0 saturated heterocycles. The maximum Gasteiger partial charge on any atom is 0.261 e. The Bertz CT molecular complexity index is 2820. The Morgan fingerprint density at radius 3 is 1.57 bits per heavy atom. The molecule has 0 aliphatic carbocycles. The molecule has 0 fully saturated rings. The fourth-order valence-corrected chi connectivity index (χ4v) is 9.91. The number of hydrogen-bond acceptors (Lipinski definition) is 5. The van der Waals surface area contributed by atoms with Crippen molar-refractivity contribution in [1.82, 2.24) is 0 Å². The van der Waals surface area contributed by atoms with E-state index >= 15 is 0 Å². The van der Waals surface area contributed by atoms with Crippen LogP contribution >= 0.6 is 11.8 Å². The van der Waals surface area contributed by atoms with Gasteiger partial charge < -0.3 is 4.42 Å². The van der Waals surface area contributed by atoms with Crippen LogP contribution in [0.25, 0.3) is 44.2 Å². The van der Waals surface area contributed by atoms with Gasteiger partial charge in [-0.15, -0.1) is 0 Å². The molecule has 11 rings (SSSR count). The third-order valence-electron chi connectivity index (χ3n) is 10.7. The highest BCUT2D eigenvalue weighted by Gasteiger charge is 2.60. The molecule has 54 heavy (non-hydrogen) atoms. The molecule has 0 N–H and O–H groups in total. The van der Waals surface area contributed by atoms with Gasteiger partial charge in [-0.05, 0) is 95.2 Å². The second kappa shape index (κ2) is 12.2. The standard InChI is InChI=1S/C49H33N3OS/c1-3-14-34(15-4-1)35-26-30-39(31-27-35)52-45-23-10-12-25-47(45)54-49(52)50(37-16-5-2-6-17-37)43-21-8-9-22-44(43)51(49)38-32-28-36(29-33-38)40-19-13-20-42-41-18-7-11-24-46(41)53-48(40)42/h1-33H. The van der Waals surface area contributed by atoms with Gasteiger partial charge in [-0.2, -0.15) is 0 Å². The van der Waals surface area contributed by atoms with Crippen LogP contribution in [-0.4, -0.2) is 5.12 Å². The summed E-state index contributed by atoms with van der Waals surface area (Å²) in [5.74, 6) is 0. The molecule has 0 radical (unpaired) electrons. The third kappa shape index (κ3) is 4.58. The Kier molecular flexibility index (Phi) is 6.97. The molecule has 2 aliphatic rings. The van der Waals surface area contributed by atoms with Gasteiger partial charge in [0.15, 0.2) is 0 Å². The van der Waals surface area contributed by atoms with Gasteiger partial charge in [-0.1, -0.05) is 133 Å². The summed E-state index contributed by atoms with van der Waals surface area (Å²) in [6.07, 6.45) is 0. The Morgan fingerprint density at radius 1 is 0.370 bits per heavy atom. The number of fused-ring (bicyclic) bond motifs is 5. The number of furan rings is 1. The highest BCUT2D eigenvalue weighted by Crippen LogP contribution is 2.66. The van der Waals surface area contributed by atoms with Gasteiger partial charge in [0, 0.05) is 38.3 Å². The van der Waals surface area contributed by atoms with Crippen molar-refractivity contribution in [2.45, 2.75) is 10.0 Å². The molecule has 9 aromatic rings. The molecule has 1 spiro atoms. The van der Waals surface area contributed by atoms with Crippen molar-refractivity contribution in [3.05, 3.63) is 200 Å². The van der Waals surface area contributed by atoms with Crippen LogP contribution in [0.3, 0.4) is 0 Å². The zero-order valence-electron chi connectivity index (χ0n) is 29.2. The zero-order chi connectivity index (χ0) is 35.6. The Balaban J connectivity index is 1.11. The first-order valence-electron chi connectivity index (χ1n) is 18.3. The molecular weight excluding hydrogens is 679 g/mol. The first kappa shape index (κ1) is 30.9. The molecular formula is C49H33N3OS. The molecule has 8 aromatic carbocycles. The summed E-state index contributed by atoms with van der Waals surface area (Å²) in [7, 11) is 0. The third-order valence-corrected chi connectivity index (χ3v) is 12.1. The second-order valence-corrected chi connectivity index (χ2v) is 14.9. The number of rotatable bonds is 5. The SMILES string of the molecule is c1ccc(-c2ccc(N3c4ccccc4SC34N(c3ccccc3)c3ccccc3N4c3ccc(-c4cccc5c4oc4ccccc45)cc3)cc2)cc1. The summed E-state index contributed by atoms with van der Waals surface area (Å²) >= 11 is 1.88. The van der Waals surface area contributed by atoms with E-state index in [2.05, 4.69) is 203 Å². The number of hydrogen-bond donors (Lipinski definition) is 0. The van der Waals surface area contributed by atoms with Crippen LogP contribution in [0, 0.1) is 0 Å². The molecule has 1 aromatic heterocycles. The van der Waals surface area contributed by atoms with E-state index < -0.39 is 5.12 Å². The lowest BCUT2D eigenvalue weighted by molar-refractivity contribution is 0.649. The zero-order valence-corrected chi connectivity index (χ0v) is 30.0. The fraction of sp³-hybridized carbons (Fsp3) is 0.0204. The summed E-state index contributed by atoms with van der Waals surface area (Å²) in [5.41, 5.74) is 13.2. The highest BCUT2D eigenvalue weighted by molar-refractivity contribution is 8.01. The topological polar surface area (TPSA) is 22.9 Å². The van der Waals surface area contributed by atoms with Gasteiger partial charge in [-0.25, -0.2) is 0 Å². The van der Waals surface area contributed by atoms with Crippen molar-refractivity contribution in [1.29, 1.82) is 0 Å². The number of para-hydroxylation sites is 6. The summed E-state index contributed by atoms with van der Waals surface area (Å²) in [6.45, 7) is 0. The lowest BCUT2D eigenvalue weighted by Crippen LogP contribution is -2.59. The van der Waals surface area contributed by atoms with Crippen LogP contribution in [0.15, 0.2) is 210 Å². The average molecular weight is 712 g/mol. The maximum atomic E-state index is 6.46. The molecule has 1 unspecified atom stereocenters. The number of benzene rings is 8. The molecule has 1 atom stereocenters. The Labute approximate surface area is 318 Å². The van der Waals surface area contributed by atoms with Gasteiger partial charge in [0.05, 0.1) is 17.1 Å². The van der Waals surface area contributed by atoms with E-state index in [1.54, 1.807) is 0 Å². The van der Waals surface area contributed by atoms with Gasteiger partial charge in [0.25, 0.3) is 5.12 Å². The van der Waals surface area contributed by atoms with Crippen LogP contribution in [0.1, 0.15) is 0 Å². The minimum Gasteiger partial charge on any atom is -0.455 e. The maximum absolute atomic E-state index is 6.46. The predicted molar refractivity (Wildman–Crippen MR) is 225 cm³/mol. The molecule has 5 heteroatoms. The number of thioether (sulfide) groups is 1. The summed E-state index contributed by atoms with van der Waals surface area (Å²) in [6, 6.07) is 71.8. The highest BCUT2D eigenvalue weighted by atomic mass is 32.2. The van der Waals surface area contributed by atoms with Crippen molar-refractivity contribution in [2.75, 3.05) is 14.7 Å². The van der Waals surface area contributed by atoms with Crippen molar-refractivity contribution in [3.63, 3.8) is 0 Å². The molecule has 0 bridgehead atoms. The van der Waals surface area contributed by atoms with E-state index in [0.29, 0.717) is 0 Å². The summed E-state index contributed by atoms with van der Waals surface area (Å²) in [5, 5.41) is 1.51. The molecule has 0 amide bonds. The monoisotopic (exact) mass is 711 g/mol. The fourth-order valence-electron chi connectivity index (χ4n) is 8.32. The van der Waals surface area contributed by atoms with Crippen LogP contribution in [0.4, 0.5) is 34.1 Å². The van der Waals surface area contributed by atoms with E-state index in [4.69, 9.17) is 4.42 Å². The van der Waals surface area contributed by atoms with Crippen LogP contribution in [-0.2, 0) is 0 Å². The minimum absolute atomic E-state index is 0.761. The molecule has 3 heterocycles. The van der Waals surface area contributed by atoms with Crippen molar-refractivity contribution >= 4 is 67.8 Å². The predicted octanol–water partition coefficient (Wildman–Crippen LogP) is 13.8. The first-order valence-corrected chi connectivity index (χ1v) is 19.1. The average Bonchev–Trinajstić information content (AvgIpc) is 3.88. The largest absolute Gasteiger partial charge is 0.455 e. The number of anilines is 6. The Morgan fingerprint density at radius 2 is 0.870 bits per heavy atom. The molecule has 2 aliphatic heterocycles. The van der Waals surface area contributed by atoms with Gasteiger partial charge in [-0.3, -0.25) is 14.7 Å². The lowest BCUT2D eigenvalue weighted by Gasteiger charge is -2.48. The molecule has 0 saturated carbocycles. The quantitative estimate of drug-likeness (QED) is 0.177. The van der Waals surface area contributed by atoms with Gasteiger partial charge in [0.2, 0.25) is 0 Å². The van der Waals surface area contributed by atoms with Crippen LogP contribution < -0.4 is 14.7 Å². The van der Waals surface area contributed by atoms with Crippen molar-refractivity contribution in [2.24, 2.45) is 0 Å². The van der Waals surface area contributed by atoms with E-state index in [9.17, 15) is 0 Å². The van der Waals surface area contributed by atoms with Crippen LogP contribution in [0.2, 0.25) is 0 Å². The molecule has 256 valence electrons. The Hall–Kier alpha value is -6.69. The van der Waals surface area contributed by atoms with E-state index in [1.165, 1.54) is 21.7 Å². The first-order chi connectivity index (χ1) is 26.8. The normalized spacial score (nSPS) is 16.0. The van der Waals surface area contributed by atoms with Gasteiger partial charge in [0.1, 0.15) is 11.2 Å². The smallest absolute Gasteiger partial charge is 0.261 e. The van der Waals surface area contributed by atoms with Crippen molar-refractivity contribution < 1.29 is 4.42 Å². The van der Waals surface area contributed by atoms with Crippen LogP contribution in [0.5, 0.6) is 0 Å². The summed E-state index contributed by atoms with van der Waals surface area (Å²) < 4.78 is 6.46. The second-order valence-electron chi connectivity index (χ2n) is 13.7. The van der Waals surface area contributed by atoms with Gasteiger partial charge >= 0.3 is 0 Å². The van der Waals surface area contributed by atoms with E-state index in [0.717, 1.165) is 61.5 Å². The summed E-state index contributed by atoms with van der Waals surface area (Å²) in [4.78, 5) is 8.78. The number of nitrogens with zero attached hydrogens (tertiary/aromatic N) is 3. The van der Waals surface area contributed by atoms with Crippen molar-refractivity contribution in [3.8, 4) is 22.3 Å². The molecule has 4 nitrogen and oxygen atoms in total.